The van der Waals surface area contributed by atoms with Gasteiger partial charge in [-0.3, -0.25) is 4.79 Å². The van der Waals surface area contributed by atoms with Crippen LogP contribution in [0.3, 0.4) is 0 Å². The maximum atomic E-state index is 12.5. The Labute approximate surface area is 166 Å². The van der Waals surface area contributed by atoms with E-state index in [1.165, 1.54) is 57.1 Å². The van der Waals surface area contributed by atoms with Crippen molar-refractivity contribution in [1.82, 2.24) is 9.97 Å². The molecule has 1 saturated carbocycles. The lowest BCUT2D eigenvalue weighted by Crippen LogP contribution is -2.20. The number of nitrogens with zero attached hydrogens (tertiary/aromatic N) is 3. The summed E-state index contributed by atoms with van der Waals surface area (Å²) in [6.07, 6.45) is 13.2. The molecule has 0 spiro atoms. The van der Waals surface area contributed by atoms with Crippen molar-refractivity contribution in [3.8, 4) is 0 Å². The van der Waals surface area contributed by atoms with Crippen molar-refractivity contribution in [2.24, 2.45) is 0 Å². The molecule has 6 nitrogen and oxygen atoms in total. The fourth-order valence-corrected chi connectivity index (χ4v) is 4.06. The second-order valence-electron chi connectivity index (χ2n) is 7.82. The summed E-state index contributed by atoms with van der Waals surface area (Å²) in [7, 11) is 0. The molecule has 1 aromatic carbocycles. The molecule has 1 amide bonds. The molecule has 2 N–H and O–H groups in total. The van der Waals surface area contributed by atoms with Gasteiger partial charge in [-0.2, -0.15) is 0 Å². The number of rotatable bonds is 5. The Morgan fingerprint density at radius 3 is 2.18 bits per heavy atom. The summed E-state index contributed by atoms with van der Waals surface area (Å²) < 4.78 is 0. The summed E-state index contributed by atoms with van der Waals surface area (Å²) in [5, 5.41) is 6.34. The number of aromatic nitrogens is 2. The monoisotopic (exact) mass is 379 g/mol. The number of hydrogen-bond donors (Lipinski definition) is 2. The SMILES string of the molecule is O=C(Nc1ccc(N2CCCC2)cc1)c1cnc(NC2CCCCCC2)nc1. The Kier molecular flexibility index (Phi) is 6.04. The van der Waals surface area contributed by atoms with Crippen LogP contribution in [-0.2, 0) is 0 Å². The number of amides is 1. The standard InChI is InChI=1S/C22H29N5O/c28-21(25-19-9-11-20(12-10-19)27-13-5-6-14-27)17-15-23-22(24-16-17)26-18-7-3-1-2-4-8-18/h9-12,15-16,18H,1-8,13-14H2,(H,25,28)(H,23,24,26). The van der Waals surface area contributed by atoms with Crippen LogP contribution in [0.5, 0.6) is 0 Å². The predicted octanol–water partition coefficient (Wildman–Crippen LogP) is 4.46. The van der Waals surface area contributed by atoms with Crippen LogP contribution in [0.2, 0.25) is 0 Å². The van der Waals surface area contributed by atoms with Gasteiger partial charge in [0.25, 0.3) is 5.91 Å². The minimum absolute atomic E-state index is 0.185. The zero-order valence-electron chi connectivity index (χ0n) is 16.4. The van der Waals surface area contributed by atoms with Crippen molar-refractivity contribution in [2.75, 3.05) is 28.6 Å². The number of benzene rings is 1. The molecular formula is C22H29N5O. The fourth-order valence-electron chi connectivity index (χ4n) is 4.06. The lowest BCUT2D eigenvalue weighted by Gasteiger charge is -2.18. The summed E-state index contributed by atoms with van der Waals surface area (Å²) in [4.78, 5) is 23.5. The maximum absolute atomic E-state index is 12.5. The van der Waals surface area contributed by atoms with Crippen molar-refractivity contribution in [3.63, 3.8) is 0 Å². The molecule has 0 bridgehead atoms. The van der Waals surface area contributed by atoms with Crippen LogP contribution in [0.15, 0.2) is 36.7 Å². The van der Waals surface area contributed by atoms with Crippen LogP contribution < -0.4 is 15.5 Å². The van der Waals surface area contributed by atoms with E-state index in [0.29, 0.717) is 17.6 Å². The topological polar surface area (TPSA) is 70.2 Å². The fraction of sp³-hybridized carbons (Fsp3) is 0.500. The third kappa shape index (κ3) is 4.80. The zero-order chi connectivity index (χ0) is 19.2. The molecule has 148 valence electrons. The lowest BCUT2D eigenvalue weighted by molar-refractivity contribution is 0.102. The van der Waals surface area contributed by atoms with Gasteiger partial charge in [-0.25, -0.2) is 9.97 Å². The third-order valence-corrected chi connectivity index (χ3v) is 5.70. The third-order valence-electron chi connectivity index (χ3n) is 5.70. The van der Waals surface area contributed by atoms with E-state index in [1.807, 2.05) is 12.1 Å². The first-order valence-corrected chi connectivity index (χ1v) is 10.5. The molecule has 1 saturated heterocycles. The van der Waals surface area contributed by atoms with E-state index < -0.39 is 0 Å². The van der Waals surface area contributed by atoms with Gasteiger partial charge < -0.3 is 15.5 Å². The molecule has 2 fully saturated rings. The summed E-state index contributed by atoms with van der Waals surface area (Å²) in [6.45, 7) is 2.23. The molecule has 0 radical (unpaired) electrons. The van der Waals surface area contributed by atoms with Gasteiger partial charge in [0.2, 0.25) is 5.95 Å². The Bertz CT molecular complexity index is 761. The molecule has 2 aliphatic rings. The van der Waals surface area contributed by atoms with E-state index in [9.17, 15) is 4.79 Å². The smallest absolute Gasteiger partial charge is 0.258 e. The highest BCUT2D eigenvalue weighted by molar-refractivity contribution is 6.03. The Morgan fingerprint density at radius 1 is 0.893 bits per heavy atom. The maximum Gasteiger partial charge on any atom is 0.258 e. The number of carbonyl (C=O) groups is 1. The van der Waals surface area contributed by atoms with Gasteiger partial charge in [-0.1, -0.05) is 25.7 Å². The molecule has 28 heavy (non-hydrogen) atoms. The molecule has 1 aromatic heterocycles. The minimum atomic E-state index is -0.185. The molecule has 0 unspecified atom stereocenters. The highest BCUT2D eigenvalue weighted by Gasteiger charge is 2.15. The summed E-state index contributed by atoms with van der Waals surface area (Å²) in [5.74, 6) is 0.424. The molecule has 4 rings (SSSR count). The first-order chi connectivity index (χ1) is 13.8. The van der Waals surface area contributed by atoms with Crippen LogP contribution in [0.1, 0.15) is 61.7 Å². The van der Waals surface area contributed by atoms with E-state index in [4.69, 9.17) is 0 Å². The van der Waals surface area contributed by atoms with Gasteiger partial charge in [0.15, 0.2) is 0 Å². The summed E-state index contributed by atoms with van der Waals surface area (Å²) >= 11 is 0. The van der Waals surface area contributed by atoms with E-state index in [1.54, 1.807) is 12.4 Å². The largest absolute Gasteiger partial charge is 0.372 e. The zero-order valence-corrected chi connectivity index (χ0v) is 16.4. The molecular weight excluding hydrogens is 350 g/mol. The first-order valence-electron chi connectivity index (χ1n) is 10.5. The normalized spacial score (nSPS) is 17.9. The van der Waals surface area contributed by atoms with E-state index in [2.05, 4.69) is 37.6 Å². The second-order valence-corrected chi connectivity index (χ2v) is 7.82. The van der Waals surface area contributed by atoms with Gasteiger partial charge in [0.05, 0.1) is 5.56 Å². The number of nitrogens with one attached hydrogen (secondary N) is 2. The van der Waals surface area contributed by atoms with Crippen LogP contribution in [0.4, 0.5) is 17.3 Å². The van der Waals surface area contributed by atoms with Crippen LogP contribution in [0.25, 0.3) is 0 Å². The molecule has 0 atom stereocenters. The Morgan fingerprint density at radius 2 is 1.54 bits per heavy atom. The van der Waals surface area contributed by atoms with Crippen LogP contribution in [-0.4, -0.2) is 35.0 Å². The van der Waals surface area contributed by atoms with Gasteiger partial charge >= 0.3 is 0 Å². The average molecular weight is 380 g/mol. The van der Waals surface area contributed by atoms with E-state index in [0.717, 1.165) is 18.8 Å². The van der Waals surface area contributed by atoms with Gasteiger partial charge in [-0.15, -0.1) is 0 Å². The predicted molar refractivity (Wildman–Crippen MR) is 113 cm³/mol. The van der Waals surface area contributed by atoms with Crippen LogP contribution >= 0.6 is 0 Å². The first kappa shape index (κ1) is 18.7. The minimum Gasteiger partial charge on any atom is -0.372 e. The van der Waals surface area contributed by atoms with Crippen molar-refractivity contribution in [3.05, 3.63) is 42.2 Å². The molecule has 1 aliphatic heterocycles. The summed E-state index contributed by atoms with van der Waals surface area (Å²) in [5.41, 5.74) is 2.47. The van der Waals surface area contributed by atoms with Crippen molar-refractivity contribution in [2.45, 2.75) is 57.4 Å². The molecule has 2 aromatic rings. The van der Waals surface area contributed by atoms with Crippen molar-refractivity contribution < 1.29 is 4.79 Å². The van der Waals surface area contributed by atoms with Gasteiger partial charge in [-0.05, 0) is 49.9 Å². The van der Waals surface area contributed by atoms with Crippen molar-refractivity contribution in [1.29, 1.82) is 0 Å². The molecule has 1 aliphatic carbocycles. The average Bonchev–Trinajstić information content (AvgIpc) is 3.14. The number of carbonyl (C=O) groups excluding carboxylic acids is 1. The molecule has 6 heteroatoms. The summed E-state index contributed by atoms with van der Waals surface area (Å²) in [6, 6.07) is 8.48. The Balaban J connectivity index is 1.32. The van der Waals surface area contributed by atoms with E-state index in [-0.39, 0.29) is 5.91 Å². The van der Waals surface area contributed by atoms with E-state index >= 15 is 0 Å². The second kappa shape index (κ2) is 9.04. The van der Waals surface area contributed by atoms with Crippen LogP contribution in [0, 0.1) is 0 Å². The number of anilines is 3. The number of hydrogen-bond acceptors (Lipinski definition) is 5. The van der Waals surface area contributed by atoms with Crippen molar-refractivity contribution >= 4 is 23.2 Å². The highest BCUT2D eigenvalue weighted by Crippen LogP contribution is 2.22. The Hall–Kier alpha value is -2.63. The van der Waals surface area contributed by atoms with Gasteiger partial charge in [0, 0.05) is 42.9 Å². The molecule has 2 heterocycles. The quantitative estimate of drug-likeness (QED) is 0.751. The lowest BCUT2D eigenvalue weighted by atomic mass is 10.1. The highest BCUT2D eigenvalue weighted by atomic mass is 16.1. The van der Waals surface area contributed by atoms with Gasteiger partial charge in [0.1, 0.15) is 0 Å².